The summed E-state index contributed by atoms with van der Waals surface area (Å²) in [6, 6.07) is 9.36. The molecular formula is C15H25ClN2O2. The molecule has 1 rings (SSSR count). The van der Waals surface area contributed by atoms with Crippen LogP contribution < -0.4 is 11.1 Å². The molecule has 0 aromatic heterocycles. The summed E-state index contributed by atoms with van der Waals surface area (Å²) in [5.74, 6) is -0.0735. The molecule has 114 valence electrons. The lowest BCUT2D eigenvalue weighted by molar-refractivity contribution is -0.122. The molecule has 1 atom stereocenters. The summed E-state index contributed by atoms with van der Waals surface area (Å²) < 4.78 is 4.97. The molecule has 0 heterocycles. The number of halogens is 1. The molecule has 0 spiro atoms. The van der Waals surface area contributed by atoms with Crippen LogP contribution in [0, 0.1) is 0 Å². The highest BCUT2D eigenvalue weighted by atomic mass is 35.5. The molecule has 3 N–H and O–H groups in total. The maximum absolute atomic E-state index is 11.8. The molecule has 0 saturated carbocycles. The number of carbonyl (C=O) groups is 1. The number of unbranched alkanes of at least 4 members (excludes halogenated alkanes) is 2. The molecule has 0 bridgehead atoms. The Hall–Kier alpha value is -1.10. The van der Waals surface area contributed by atoms with Crippen molar-refractivity contribution in [3.05, 3.63) is 35.9 Å². The lowest BCUT2D eigenvalue weighted by Crippen LogP contribution is -2.42. The van der Waals surface area contributed by atoms with Crippen LogP contribution in [0.2, 0.25) is 0 Å². The smallest absolute Gasteiger partial charge is 0.237 e. The van der Waals surface area contributed by atoms with Crippen molar-refractivity contribution in [2.24, 2.45) is 5.73 Å². The number of hydrogen-bond donors (Lipinski definition) is 2. The number of ether oxygens (including phenoxy) is 1. The third-order valence-electron chi connectivity index (χ3n) is 2.96. The second kappa shape index (κ2) is 11.7. The van der Waals surface area contributed by atoms with Gasteiger partial charge in [0, 0.05) is 20.3 Å². The molecule has 4 nitrogen and oxygen atoms in total. The highest BCUT2D eigenvalue weighted by molar-refractivity contribution is 5.85. The van der Waals surface area contributed by atoms with Crippen LogP contribution in [0.15, 0.2) is 30.3 Å². The standard InChI is InChI=1S/C15H24N2O2.ClH/c1-19-11-7-3-6-10-17-15(18)14(16)12-13-8-4-2-5-9-13;/h2,4-5,8-9,14H,3,6-7,10-12,16H2,1H3,(H,17,18);1H/t14-;/m0./s1. The molecular weight excluding hydrogens is 276 g/mol. The maximum Gasteiger partial charge on any atom is 0.237 e. The van der Waals surface area contributed by atoms with Crippen molar-refractivity contribution in [3.63, 3.8) is 0 Å². The minimum absolute atomic E-state index is 0. The molecule has 1 aromatic carbocycles. The third-order valence-corrected chi connectivity index (χ3v) is 2.96. The van der Waals surface area contributed by atoms with Crippen LogP contribution in [0.4, 0.5) is 0 Å². The van der Waals surface area contributed by atoms with E-state index in [0.29, 0.717) is 13.0 Å². The summed E-state index contributed by atoms with van der Waals surface area (Å²) in [5, 5.41) is 2.87. The zero-order valence-electron chi connectivity index (χ0n) is 12.0. The Morgan fingerprint density at radius 1 is 1.25 bits per heavy atom. The highest BCUT2D eigenvalue weighted by Crippen LogP contribution is 2.02. The topological polar surface area (TPSA) is 64.3 Å². The number of hydrogen-bond acceptors (Lipinski definition) is 3. The zero-order chi connectivity index (χ0) is 13.9. The van der Waals surface area contributed by atoms with Crippen LogP contribution in [0.3, 0.4) is 0 Å². The van der Waals surface area contributed by atoms with E-state index in [1.165, 1.54) is 0 Å². The summed E-state index contributed by atoms with van der Waals surface area (Å²) in [6.07, 6.45) is 3.63. The van der Waals surface area contributed by atoms with Gasteiger partial charge in [0.1, 0.15) is 0 Å². The molecule has 0 radical (unpaired) electrons. The molecule has 0 unspecified atom stereocenters. The van der Waals surface area contributed by atoms with E-state index >= 15 is 0 Å². The molecule has 0 aliphatic heterocycles. The van der Waals surface area contributed by atoms with Crippen molar-refractivity contribution in [3.8, 4) is 0 Å². The summed E-state index contributed by atoms with van der Waals surface area (Å²) >= 11 is 0. The average Bonchev–Trinajstić information content (AvgIpc) is 2.43. The van der Waals surface area contributed by atoms with Gasteiger partial charge in [-0.2, -0.15) is 0 Å². The third kappa shape index (κ3) is 8.15. The van der Waals surface area contributed by atoms with Crippen LogP contribution in [-0.4, -0.2) is 32.2 Å². The van der Waals surface area contributed by atoms with Crippen molar-refractivity contribution in [1.29, 1.82) is 0 Å². The number of nitrogens with two attached hydrogens (primary N) is 1. The fraction of sp³-hybridized carbons (Fsp3) is 0.533. The average molecular weight is 301 g/mol. The SMILES string of the molecule is COCCCCCNC(=O)[C@@H](N)Cc1ccccc1.Cl. The van der Waals surface area contributed by atoms with Gasteiger partial charge in [0.05, 0.1) is 6.04 Å². The number of methoxy groups -OCH3 is 1. The Labute approximate surface area is 127 Å². The summed E-state index contributed by atoms with van der Waals surface area (Å²) in [6.45, 7) is 1.46. The van der Waals surface area contributed by atoms with E-state index in [1.807, 2.05) is 30.3 Å². The minimum Gasteiger partial charge on any atom is -0.385 e. The number of nitrogens with one attached hydrogen (secondary N) is 1. The van der Waals surface area contributed by atoms with Crippen LogP contribution in [0.25, 0.3) is 0 Å². The first-order valence-electron chi connectivity index (χ1n) is 6.80. The lowest BCUT2D eigenvalue weighted by Gasteiger charge is -2.12. The van der Waals surface area contributed by atoms with E-state index in [-0.39, 0.29) is 18.3 Å². The van der Waals surface area contributed by atoms with Crippen molar-refractivity contribution >= 4 is 18.3 Å². The van der Waals surface area contributed by atoms with E-state index in [1.54, 1.807) is 7.11 Å². The van der Waals surface area contributed by atoms with Gasteiger partial charge in [-0.3, -0.25) is 4.79 Å². The molecule has 1 aromatic rings. The van der Waals surface area contributed by atoms with E-state index < -0.39 is 6.04 Å². The summed E-state index contributed by atoms with van der Waals surface area (Å²) in [5.41, 5.74) is 6.97. The monoisotopic (exact) mass is 300 g/mol. The fourth-order valence-electron chi connectivity index (χ4n) is 1.85. The molecule has 1 amide bonds. The van der Waals surface area contributed by atoms with Gasteiger partial charge >= 0.3 is 0 Å². The number of amides is 1. The Morgan fingerprint density at radius 2 is 1.95 bits per heavy atom. The van der Waals surface area contributed by atoms with E-state index in [2.05, 4.69) is 5.32 Å². The first-order valence-corrected chi connectivity index (χ1v) is 6.80. The first-order chi connectivity index (χ1) is 9.24. The Balaban J connectivity index is 0.00000361. The van der Waals surface area contributed by atoms with Gasteiger partial charge in [0.15, 0.2) is 0 Å². The van der Waals surface area contributed by atoms with Crippen molar-refractivity contribution in [1.82, 2.24) is 5.32 Å². The normalized spacial score (nSPS) is 11.5. The Kier molecular flexibility index (Phi) is 11.1. The fourth-order valence-corrected chi connectivity index (χ4v) is 1.85. The Morgan fingerprint density at radius 3 is 2.60 bits per heavy atom. The molecule has 0 saturated heterocycles. The molecule has 5 heteroatoms. The second-order valence-corrected chi connectivity index (χ2v) is 4.64. The van der Waals surface area contributed by atoms with E-state index in [4.69, 9.17) is 10.5 Å². The lowest BCUT2D eigenvalue weighted by atomic mass is 10.1. The summed E-state index contributed by atoms with van der Waals surface area (Å²) in [4.78, 5) is 11.8. The largest absolute Gasteiger partial charge is 0.385 e. The van der Waals surface area contributed by atoms with Gasteiger partial charge in [0.25, 0.3) is 0 Å². The van der Waals surface area contributed by atoms with E-state index in [0.717, 1.165) is 31.4 Å². The van der Waals surface area contributed by atoms with Crippen molar-refractivity contribution in [2.75, 3.05) is 20.3 Å². The van der Waals surface area contributed by atoms with Gasteiger partial charge < -0.3 is 15.8 Å². The summed E-state index contributed by atoms with van der Waals surface area (Å²) in [7, 11) is 1.70. The number of rotatable bonds is 9. The van der Waals surface area contributed by atoms with Gasteiger partial charge in [-0.05, 0) is 31.2 Å². The van der Waals surface area contributed by atoms with Crippen molar-refractivity contribution in [2.45, 2.75) is 31.7 Å². The van der Waals surface area contributed by atoms with Crippen LogP contribution in [-0.2, 0) is 16.0 Å². The predicted octanol–water partition coefficient (Wildman–Crippen LogP) is 1.91. The minimum atomic E-state index is -0.471. The van der Waals surface area contributed by atoms with Gasteiger partial charge in [0.2, 0.25) is 5.91 Å². The second-order valence-electron chi connectivity index (χ2n) is 4.64. The Bertz CT molecular complexity index is 360. The predicted molar refractivity (Wildman–Crippen MR) is 84.1 cm³/mol. The molecule has 20 heavy (non-hydrogen) atoms. The van der Waals surface area contributed by atoms with E-state index in [9.17, 15) is 4.79 Å². The molecule has 0 aliphatic rings. The van der Waals surface area contributed by atoms with Gasteiger partial charge in [-0.25, -0.2) is 0 Å². The first kappa shape index (κ1) is 18.9. The number of carbonyl (C=O) groups excluding carboxylic acids is 1. The molecule has 0 aliphatic carbocycles. The van der Waals surface area contributed by atoms with Crippen LogP contribution in [0.1, 0.15) is 24.8 Å². The quantitative estimate of drug-likeness (QED) is 0.685. The maximum atomic E-state index is 11.8. The zero-order valence-corrected chi connectivity index (χ0v) is 12.8. The molecule has 0 fully saturated rings. The van der Waals surface area contributed by atoms with Gasteiger partial charge in [-0.1, -0.05) is 30.3 Å². The van der Waals surface area contributed by atoms with Crippen LogP contribution in [0.5, 0.6) is 0 Å². The van der Waals surface area contributed by atoms with Crippen molar-refractivity contribution < 1.29 is 9.53 Å². The van der Waals surface area contributed by atoms with Gasteiger partial charge in [-0.15, -0.1) is 12.4 Å². The van der Waals surface area contributed by atoms with Crippen LogP contribution >= 0.6 is 12.4 Å². The number of benzene rings is 1. The highest BCUT2D eigenvalue weighted by Gasteiger charge is 2.12.